The van der Waals surface area contributed by atoms with Gasteiger partial charge in [-0.3, -0.25) is 0 Å². The van der Waals surface area contributed by atoms with E-state index in [-0.39, 0.29) is 0 Å². The highest BCUT2D eigenvalue weighted by molar-refractivity contribution is 5.46. The molecule has 1 aliphatic heterocycles. The molecule has 0 radical (unpaired) electrons. The molecule has 2 nitrogen and oxygen atoms in total. The summed E-state index contributed by atoms with van der Waals surface area (Å²) in [4.78, 5) is 2.73. The molecule has 1 aromatic rings. The number of nitrogen functional groups attached to an aromatic ring is 1. The Kier molecular flexibility index (Phi) is 3.96. The molecular weight excluding hydrogens is 268 g/mol. The number of likely N-dealkylation sites (tertiary alicyclic amines) is 1. The van der Waals surface area contributed by atoms with Crippen LogP contribution in [0.2, 0.25) is 0 Å². The molecule has 4 rings (SSSR count). The van der Waals surface area contributed by atoms with Crippen molar-refractivity contribution in [1.82, 2.24) is 4.90 Å². The second kappa shape index (κ2) is 6.08. The van der Waals surface area contributed by atoms with Crippen LogP contribution in [0.25, 0.3) is 0 Å². The highest BCUT2D eigenvalue weighted by Crippen LogP contribution is 2.43. The van der Waals surface area contributed by atoms with Gasteiger partial charge in [-0.15, -0.1) is 0 Å². The highest BCUT2D eigenvalue weighted by atomic mass is 15.1. The Balaban J connectivity index is 1.26. The van der Waals surface area contributed by atoms with E-state index < -0.39 is 0 Å². The van der Waals surface area contributed by atoms with Crippen LogP contribution in [0.15, 0.2) is 36.4 Å². The molecule has 3 atom stereocenters. The number of benzene rings is 1. The summed E-state index contributed by atoms with van der Waals surface area (Å²) in [6, 6.07) is 8.38. The number of anilines is 1. The third-order valence-electron chi connectivity index (χ3n) is 6.18. The number of nitrogens with zero attached hydrogens (tertiary/aromatic N) is 1. The van der Waals surface area contributed by atoms with Gasteiger partial charge in [-0.05, 0) is 80.5 Å². The number of nitrogens with two attached hydrogens (primary N) is 1. The molecule has 0 aromatic heterocycles. The van der Waals surface area contributed by atoms with Gasteiger partial charge in [-0.25, -0.2) is 0 Å². The van der Waals surface area contributed by atoms with Crippen LogP contribution in [0.5, 0.6) is 0 Å². The Bertz CT molecular complexity index is 542. The summed E-state index contributed by atoms with van der Waals surface area (Å²) in [6.07, 6.45) is 11.7. The van der Waals surface area contributed by atoms with E-state index in [1.165, 1.54) is 50.9 Å². The Morgan fingerprint density at radius 2 is 1.86 bits per heavy atom. The van der Waals surface area contributed by atoms with E-state index in [1.807, 2.05) is 12.1 Å². The Labute approximate surface area is 134 Å². The monoisotopic (exact) mass is 296 g/mol. The number of piperidine rings is 1. The summed E-state index contributed by atoms with van der Waals surface area (Å²) >= 11 is 0. The lowest BCUT2D eigenvalue weighted by molar-refractivity contribution is 0.152. The Hall–Kier alpha value is -1.28. The second-order valence-corrected chi connectivity index (χ2v) is 7.69. The zero-order valence-corrected chi connectivity index (χ0v) is 13.5. The van der Waals surface area contributed by atoms with E-state index in [0.717, 1.165) is 35.8 Å². The first-order chi connectivity index (χ1) is 10.8. The van der Waals surface area contributed by atoms with E-state index in [2.05, 4.69) is 29.2 Å². The minimum absolute atomic E-state index is 0.820. The van der Waals surface area contributed by atoms with Crippen molar-refractivity contribution in [3.05, 3.63) is 42.0 Å². The predicted octanol–water partition coefficient (Wildman–Crippen LogP) is 3.74. The van der Waals surface area contributed by atoms with Gasteiger partial charge in [0, 0.05) is 12.2 Å². The molecule has 2 bridgehead atoms. The first kappa shape index (κ1) is 14.3. The Morgan fingerprint density at radius 1 is 1.05 bits per heavy atom. The van der Waals surface area contributed by atoms with Crippen molar-refractivity contribution in [1.29, 1.82) is 0 Å². The van der Waals surface area contributed by atoms with E-state index >= 15 is 0 Å². The van der Waals surface area contributed by atoms with Crippen molar-refractivity contribution in [2.45, 2.75) is 32.1 Å². The first-order valence-electron chi connectivity index (χ1n) is 9.02. The predicted molar refractivity (Wildman–Crippen MR) is 92.6 cm³/mol. The number of rotatable bonds is 4. The molecule has 0 spiro atoms. The van der Waals surface area contributed by atoms with Crippen LogP contribution in [-0.4, -0.2) is 24.5 Å². The number of allylic oxidation sites excluding steroid dienone is 2. The summed E-state index contributed by atoms with van der Waals surface area (Å²) in [6.45, 7) is 3.91. The van der Waals surface area contributed by atoms with Gasteiger partial charge in [-0.1, -0.05) is 30.4 Å². The molecule has 1 heterocycles. The highest BCUT2D eigenvalue weighted by Gasteiger charge is 2.36. The summed E-state index contributed by atoms with van der Waals surface area (Å²) in [5, 5.41) is 0. The van der Waals surface area contributed by atoms with Crippen molar-refractivity contribution < 1.29 is 0 Å². The maximum Gasteiger partial charge on any atom is 0.0346 e. The second-order valence-electron chi connectivity index (χ2n) is 7.69. The maximum atomic E-state index is 6.09. The molecular formula is C20H28N2. The lowest BCUT2D eigenvalue weighted by Crippen LogP contribution is -2.38. The molecule has 1 aromatic carbocycles. The zero-order valence-electron chi connectivity index (χ0n) is 13.5. The smallest absolute Gasteiger partial charge is 0.0346 e. The van der Waals surface area contributed by atoms with Crippen molar-refractivity contribution in [2.75, 3.05) is 25.4 Å². The molecule has 1 saturated heterocycles. The minimum Gasteiger partial charge on any atom is -0.399 e. The first-order valence-corrected chi connectivity index (χ1v) is 9.02. The molecule has 2 aliphatic carbocycles. The van der Waals surface area contributed by atoms with Crippen LogP contribution < -0.4 is 5.73 Å². The minimum atomic E-state index is 0.820. The quantitative estimate of drug-likeness (QED) is 0.677. The summed E-state index contributed by atoms with van der Waals surface area (Å²) in [7, 11) is 0. The molecule has 0 amide bonds. The molecule has 22 heavy (non-hydrogen) atoms. The van der Waals surface area contributed by atoms with Crippen molar-refractivity contribution in [3.63, 3.8) is 0 Å². The lowest BCUT2D eigenvalue weighted by Gasteiger charge is -2.35. The molecule has 3 aliphatic rings. The fraction of sp³-hybridized carbons (Fsp3) is 0.600. The van der Waals surface area contributed by atoms with E-state index in [9.17, 15) is 0 Å². The number of fused-ring (bicyclic) bond motifs is 2. The molecule has 2 N–H and O–H groups in total. The van der Waals surface area contributed by atoms with Gasteiger partial charge in [0.05, 0.1) is 0 Å². The van der Waals surface area contributed by atoms with Crippen LogP contribution in [0.3, 0.4) is 0 Å². The van der Waals surface area contributed by atoms with E-state index in [0.29, 0.717) is 0 Å². The molecule has 1 saturated carbocycles. The summed E-state index contributed by atoms with van der Waals surface area (Å²) in [5.41, 5.74) is 8.41. The average Bonchev–Trinajstić information content (AvgIpc) is 3.14. The zero-order chi connectivity index (χ0) is 14.9. The van der Waals surface area contributed by atoms with Crippen LogP contribution >= 0.6 is 0 Å². The maximum absolute atomic E-state index is 6.09. The molecule has 2 fully saturated rings. The average molecular weight is 296 g/mol. The third kappa shape index (κ3) is 2.94. The summed E-state index contributed by atoms with van der Waals surface area (Å²) in [5.74, 6) is 3.57. The largest absolute Gasteiger partial charge is 0.399 e. The lowest BCUT2D eigenvalue weighted by atomic mass is 9.88. The number of para-hydroxylation sites is 1. The van der Waals surface area contributed by atoms with Crippen LogP contribution in [0, 0.1) is 23.7 Å². The molecule has 118 valence electrons. The third-order valence-corrected chi connectivity index (χ3v) is 6.18. The number of hydrogen-bond donors (Lipinski definition) is 1. The van der Waals surface area contributed by atoms with Crippen LogP contribution in [-0.2, 0) is 6.42 Å². The summed E-state index contributed by atoms with van der Waals surface area (Å²) < 4.78 is 0. The van der Waals surface area contributed by atoms with E-state index in [1.54, 1.807) is 0 Å². The van der Waals surface area contributed by atoms with Gasteiger partial charge >= 0.3 is 0 Å². The fourth-order valence-corrected chi connectivity index (χ4v) is 4.84. The van der Waals surface area contributed by atoms with E-state index in [4.69, 9.17) is 5.73 Å². The van der Waals surface area contributed by atoms with Gasteiger partial charge in [0.15, 0.2) is 0 Å². The van der Waals surface area contributed by atoms with Gasteiger partial charge in [0.25, 0.3) is 0 Å². The topological polar surface area (TPSA) is 29.3 Å². The standard InChI is InChI=1S/C20H28N2/c21-20-4-2-1-3-18(20)11-15-7-9-22(10-8-15)14-19-13-16-5-6-17(19)12-16/h1-6,15-17,19H,7-14,21H2. The molecule has 3 unspecified atom stereocenters. The SMILES string of the molecule is Nc1ccccc1CC1CCN(CC2CC3C=CC2C3)CC1. The van der Waals surface area contributed by atoms with Crippen LogP contribution in [0.1, 0.15) is 31.2 Å². The van der Waals surface area contributed by atoms with Crippen molar-refractivity contribution in [2.24, 2.45) is 23.7 Å². The number of hydrogen-bond acceptors (Lipinski definition) is 2. The normalized spacial score (nSPS) is 31.9. The van der Waals surface area contributed by atoms with Gasteiger partial charge < -0.3 is 10.6 Å². The Morgan fingerprint density at radius 3 is 2.55 bits per heavy atom. The molecule has 2 heteroatoms. The van der Waals surface area contributed by atoms with Crippen LogP contribution in [0.4, 0.5) is 5.69 Å². The van der Waals surface area contributed by atoms with Gasteiger partial charge in [0.2, 0.25) is 0 Å². The van der Waals surface area contributed by atoms with Crippen molar-refractivity contribution >= 4 is 5.69 Å². The fourth-order valence-electron chi connectivity index (χ4n) is 4.84. The van der Waals surface area contributed by atoms with Gasteiger partial charge in [-0.2, -0.15) is 0 Å². The van der Waals surface area contributed by atoms with Crippen molar-refractivity contribution in [3.8, 4) is 0 Å². The van der Waals surface area contributed by atoms with Gasteiger partial charge in [0.1, 0.15) is 0 Å².